The number of unbranched alkanes of at least 4 members (excludes halogenated alkanes) is 3. The number of hydrogen-bond donors (Lipinski definition) is 1. The van der Waals surface area contributed by atoms with Crippen LogP contribution in [-0.2, 0) is 19.6 Å². The predicted octanol–water partition coefficient (Wildman–Crippen LogP) is 31.4. The fraction of sp³-hybridized carbons (Fsp3) is 0.198. The molecule has 11 nitrogen and oxygen atoms in total. The van der Waals surface area contributed by atoms with Crippen LogP contribution in [0, 0.1) is 20.8 Å². The normalized spacial score (nSPS) is 11.1. The Labute approximate surface area is 748 Å². The molecule has 596 valence electrons. The first-order valence-electron chi connectivity index (χ1n) is 37.8. The fourth-order valence-electron chi connectivity index (χ4n) is 13.4. The zero-order valence-electron chi connectivity index (χ0n) is 65.0. The van der Waals surface area contributed by atoms with Crippen LogP contribution in [0.25, 0.3) is 108 Å². The van der Waals surface area contributed by atoms with E-state index in [1.54, 1.807) is 73.7 Å². The number of aromatic amines is 1. The number of benzene rings is 4. The molecule has 0 saturated heterocycles. The number of aromatic nitrogens is 11. The number of imidazole rings is 4. The van der Waals surface area contributed by atoms with Gasteiger partial charge in [0.2, 0.25) is 0 Å². The van der Waals surface area contributed by atoms with E-state index in [9.17, 15) is 0 Å². The summed E-state index contributed by atoms with van der Waals surface area (Å²) in [6.07, 6.45) is 34.0. The molecule has 1 N–H and O–H groups in total. The second-order valence-electron chi connectivity index (χ2n) is 27.3. The van der Waals surface area contributed by atoms with Crippen LogP contribution in [0.4, 0.5) is 0 Å². The first kappa shape index (κ1) is 89.6. The van der Waals surface area contributed by atoms with Gasteiger partial charge in [0.25, 0.3) is 0 Å². The third-order valence-corrected chi connectivity index (χ3v) is 44.3. The molecule has 0 atom stereocenters. The van der Waals surface area contributed by atoms with Crippen molar-refractivity contribution in [2.75, 3.05) is 0 Å². The minimum absolute atomic E-state index is 0.615. The summed E-state index contributed by atoms with van der Waals surface area (Å²) < 4.78 is 13.4. The van der Waals surface area contributed by atoms with Crippen LogP contribution >= 0.6 is 154 Å². The first-order chi connectivity index (χ1) is 56.2. The molecule has 0 unspecified atom stereocenters. The van der Waals surface area contributed by atoms with Gasteiger partial charge in [-0.15, -0.1) is 47.2 Å². The number of thiophene rings is 4. The predicted molar refractivity (Wildman–Crippen MR) is 508 cm³/mol. The SMILES string of the molecule is C=CCn1ccnc1-c1s[c]([Sn]([CH2]CCC)([CH2]CCC)[CH2]CCC)cc1-c1ccc(Cl)cc1Cl.C=CCn1ccnc1-c1sc(-c2ccnc(C)c2)cc1-c1ccc(Cl)cc1Cl.C=CCn1ccnc1-c1sccc1-c1ccc(Cl)cc1Cl.Cc1cc(-c2cc(-c3ccc(Cl)cc3Cl)c(-c3ncc[nH]3)s2)ccn1.Cc1cc(Br)ccn1. The Morgan fingerprint density at radius 3 is 1.16 bits per heavy atom. The van der Waals surface area contributed by atoms with Crippen molar-refractivity contribution in [2.45, 2.75) is 113 Å². The van der Waals surface area contributed by atoms with Crippen LogP contribution < -0.4 is 2.89 Å². The van der Waals surface area contributed by atoms with Gasteiger partial charge in [0.05, 0.1) is 14.6 Å². The van der Waals surface area contributed by atoms with Gasteiger partial charge < -0.3 is 14.1 Å². The van der Waals surface area contributed by atoms with Crippen LogP contribution in [0.1, 0.15) is 76.4 Å². The second kappa shape index (κ2) is 43.7. The summed E-state index contributed by atoms with van der Waals surface area (Å²) in [6, 6.07) is 43.5. The van der Waals surface area contributed by atoms with Gasteiger partial charge in [-0.25, -0.2) is 15.0 Å². The van der Waals surface area contributed by atoms with Crippen LogP contribution in [0.2, 0.25) is 53.5 Å². The van der Waals surface area contributed by atoms with E-state index in [4.69, 9.17) is 97.8 Å². The molecule has 4 aromatic carbocycles. The third kappa shape index (κ3) is 23.0. The summed E-state index contributed by atoms with van der Waals surface area (Å²) in [5.41, 5.74) is 13.5. The summed E-state index contributed by atoms with van der Waals surface area (Å²) in [5, 5.41) is 7.16. The number of rotatable bonds is 26. The Morgan fingerprint density at radius 1 is 0.397 bits per heavy atom. The molecule has 15 aromatic rings. The fourth-order valence-corrected chi connectivity index (χ4v) is 39.4. The van der Waals surface area contributed by atoms with Crippen LogP contribution in [0.15, 0.2) is 249 Å². The molecule has 0 aliphatic carbocycles. The Balaban J connectivity index is 0.000000149. The molecule has 0 fully saturated rings. The van der Waals surface area contributed by atoms with Crippen molar-refractivity contribution in [3.63, 3.8) is 0 Å². The number of allylic oxidation sites excluding steroid dienone is 3. The Kier molecular flexibility index (Phi) is 33.7. The van der Waals surface area contributed by atoms with Crippen molar-refractivity contribution < 1.29 is 0 Å². The van der Waals surface area contributed by atoms with Crippen LogP contribution in [-0.4, -0.2) is 72.0 Å². The van der Waals surface area contributed by atoms with E-state index in [1.165, 1.54) is 62.3 Å². The number of H-pyrrole nitrogens is 1. The molecule has 0 spiro atoms. The minimum Gasteiger partial charge on any atom is -0.344 e. The number of aryl methyl sites for hydroxylation is 3. The van der Waals surface area contributed by atoms with E-state index in [2.05, 4.69) is 147 Å². The van der Waals surface area contributed by atoms with Gasteiger partial charge in [0.15, 0.2) is 11.6 Å². The van der Waals surface area contributed by atoms with Gasteiger partial charge >= 0.3 is 226 Å². The van der Waals surface area contributed by atoms with Crippen molar-refractivity contribution in [1.29, 1.82) is 0 Å². The van der Waals surface area contributed by atoms with Crippen molar-refractivity contribution in [1.82, 2.24) is 53.6 Å². The monoisotopic (exact) mass is 1940 g/mol. The maximum Gasteiger partial charge on any atom is 0.150 e. The molecule has 11 heterocycles. The molecule has 25 heteroatoms. The molecule has 0 aliphatic rings. The zero-order chi connectivity index (χ0) is 82.4. The number of hydrogen-bond acceptors (Lipinski definition) is 11. The van der Waals surface area contributed by atoms with E-state index in [-0.39, 0.29) is 0 Å². The number of nitrogens with one attached hydrogen (secondary N) is 1. The average molecular weight is 1940 g/mol. The smallest absolute Gasteiger partial charge is 0.150 e. The minimum atomic E-state index is -2.62. The van der Waals surface area contributed by atoms with E-state index in [0.717, 1.165) is 132 Å². The summed E-state index contributed by atoms with van der Waals surface area (Å²) in [7, 11) is 0. The van der Waals surface area contributed by atoms with Gasteiger partial charge in [-0.05, 0) is 128 Å². The first-order valence-corrected chi connectivity index (χ1v) is 52.4. The number of pyridine rings is 3. The van der Waals surface area contributed by atoms with Crippen molar-refractivity contribution in [2.24, 2.45) is 0 Å². The quantitative estimate of drug-likeness (QED) is 0.0423. The topological polar surface area (TPSA) is 121 Å². The van der Waals surface area contributed by atoms with Crippen molar-refractivity contribution in [3.8, 4) is 108 Å². The number of nitrogens with zero attached hydrogens (tertiary/aromatic N) is 10. The molecule has 15 rings (SSSR count). The summed E-state index contributed by atoms with van der Waals surface area (Å²) in [6.45, 7) is 26.7. The molecule has 0 saturated carbocycles. The zero-order valence-corrected chi connectivity index (χ0v) is 78.7. The Hall–Kier alpha value is -7.21. The van der Waals surface area contributed by atoms with Crippen LogP contribution in [0.3, 0.4) is 0 Å². The van der Waals surface area contributed by atoms with E-state index in [1.807, 2.05) is 178 Å². The molecule has 0 radical (unpaired) electrons. The van der Waals surface area contributed by atoms with Gasteiger partial charge in [-0.3, -0.25) is 15.0 Å². The molecule has 0 aliphatic heterocycles. The van der Waals surface area contributed by atoms with E-state index < -0.39 is 18.4 Å². The Bertz CT molecular complexity index is 5760. The molecule has 0 bridgehead atoms. The Morgan fingerprint density at radius 2 is 0.784 bits per heavy atom. The largest absolute Gasteiger partial charge is 0.344 e. The summed E-state index contributed by atoms with van der Waals surface area (Å²) >= 11 is 58.2. The molecule has 0 amide bonds. The molecule has 116 heavy (non-hydrogen) atoms. The van der Waals surface area contributed by atoms with E-state index in [0.29, 0.717) is 46.7 Å². The molecular formula is C91H86BrCl8N11S4Sn. The standard InChI is InChI=1S/C22H17Cl2N3S.C19H13Cl2N3S.C16H12Cl2N2S.C16H11Cl2N2S.C6H6BrN.3C4H9.Sn/c1-3-9-27-10-8-26-22(27)21-18(17-5-4-16(23)12-19(17)24)13-20(28-21)15-6-7-25-14(2)11-15;1-11-8-12(4-5-22-11)17-10-15(14-3-2-13(20)9-16(14)21)18(25-17)19-23-6-7-24-19;2*1-2-7-20-8-6-19-16(20)15-13(5-9-21-15)12-4-3-11(17)10-14(12)18;1-5-4-6(7)2-3-8-5;3*1-3-4-2;/h3-8,10-13H,1,9H2,2H3;2-10H,1H3,(H,23,24);2-6,8-10H,1,7H2;2-6,8,10H,1,7H2;2-4H,1H3;3*1,3-4H2,2H3;. The summed E-state index contributed by atoms with van der Waals surface area (Å²) in [4.78, 5) is 40.8. The average Bonchev–Trinajstić information content (AvgIpc) is 1.63. The number of halogens is 9. The van der Waals surface area contributed by atoms with Gasteiger partial charge in [0.1, 0.15) is 5.82 Å². The van der Waals surface area contributed by atoms with Gasteiger partial charge in [0, 0.05) is 164 Å². The van der Waals surface area contributed by atoms with Gasteiger partial charge in [-0.2, -0.15) is 0 Å². The van der Waals surface area contributed by atoms with Crippen molar-refractivity contribution in [3.05, 3.63) is 307 Å². The second-order valence-corrected chi connectivity index (χ2v) is 49.8. The summed E-state index contributed by atoms with van der Waals surface area (Å²) in [5.74, 6) is 3.65. The van der Waals surface area contributed by atoms with Crippen LogP contribution in [0.5, 0.6) is 0 Å². The molecule has 11 aromatic heterocycles. The third-order valence-electron chi connectivity index (χ3n) is 19.0. The maximum absolute atomic E-state index is 6.77. The van der Waals surface area contributed by atoms with Crippen molar-refractivity contribution >= 4 is 175 Å². The van der Waals surface area contributed by atoms with Gasteiger partial charge in [-0.1, -0.05) is 116 Å². The van der Waals surface area contributed by atoms with E-state index >= 15 is 0 Å². The molecular weight excluding hydrogens is 1860 g/mol. The maximum atomic E-state index is 6.77.